The number of likely N-dealkylation sites (tertiary alicyclic amines) is 1. The molecule has 0 radical (unpaired) electrons. The maximum absolute atomic E-state index is 12.3. The van der Waals surface area contributed by atoms with E-state index < -0.39 is 0 Å². The molecule has 2 N–H and O–H groups in total. The van der Waals surface area contributed by atoms with Gasteiger partial charge in [-0.25, -0.2) is 0 Å². The van der Waals surface area contributed by atoms with Crippen molar-refractivity contribution in [3.05, 3.63) is 23.8 Å². The zero-order valence-corrected chi connectivity index (χ0v) is 13.7. The van der Waals surface area contributed by atoms with Gasteiger partial charge in [-0.3, -0.25) is 4.79 Å². The van der Waals surface area contributed by atoms with Crippen LogP contribution in [0.4, 0.5) is 0 Å². The Kier molecular flexibility index (Phi) is 5.29. The van der Waals surface area contributed by atoms with Gasteiger partial charge < -0.3 is 20.1 Å². The summed E-state index contributed by atoms with van der Waals surface area (Å²) in [6, 6.07) is 5.78. The quantitative estimate of drug-likeness (QED) is 0.871. The van der Waals surface area contributed by atoms with Crippen molar-refractivity contribution in [3.8, 4) is 11.5 Å². The zero-order valence-electron chi connectivity index (χ0n) is 13.7. The van der Waals surface area contributed by atoms with Crippen molar-refractivity contribution in [3.63, 3.8) is 0 Å². The average molecular weight is 306 g/mol. The molecule has 1 aliphatic heterocycles. The Morgan fingerprint density at radius 3 is 2.64 bits per heavy atom. The molecule has 0 aromatic heterocycles. The van der Waals surface area contributed by atoms with Gasteiger partial charge in [0.25, 0.3) is 0 Å². The molecule has 5 nitrogen and oxygen atoms in total. The molecule has 1 heterocycles. The first kappa shape index (κ1) is 16.6. The highest BCUT2D eigenvalue weighted by atomic mass is 16.5. The third kappa shape index (κ3) is 3.71. The Morgan fingerprint density at radius 1 is 1.32 bits per heavy atom. The molecule has 2 rings (SSSR count). The Hall–Kier alpha value is -1.75. The molecule has 1 aromatic rings. The molecular weight excluding hydrogens is 280 g/mol. The third-order valence-electron chi connectivity index (χ3n) is 4.48. The van der Waals surface area contributed by atoms with Crippen molar-refractivity contribution in [1.82, 2.24) is 4.90 Å². The summed E-state index contributed by atoms with van der Waals surface area (Å²) in [5.74, 6) is 1.60. The van der Waals surface area contributed by atoms with Crippen LogP contribution in [0.5, 0.6) is 11.5 Å². The number of aryl methyl sites for hydroxylation is 1. The van der Waals surface area contributed by atoms with Crippen LogP contribution in [0.3, 0.4) is 0 Å². The van der Waals surface area contributed by atoms with Crippen molar-refractivity contribution in [1.29, 1.82) is 0 Å². The minimum Gasteiger partial charge on any atom is -0.493 e. The van der Waals surface area contributed by atoms with E-state index in [1.54, 1.807) is 14.2 Å². The summed E-state index contributed by atoms with van der Waals surface area (Å²) in [5.41, 5.74) is 6.95. The van der Waals surface area contributed by atoms with Gasteiger partial charge in [-0.15, -0.1) is 0 Å². The largest absolute Gasteiger partial charge is 0.493 e. The number of rotatable bonds is 6. The number of carbonyl (C=O) groups is 1. The molecule has 0 saturated carbocycles. The van der Waals surface area contributed by atoms with Gasteiger partial charge in [0, 0.05) is 19.5 Å². The number of carbonyl (C=O) groups excluding carboxylic acids is 1. The van der Waals surface area contributed by atoms with E-state index in [0.717, 1.165) is 25.1 Å². The summed E-state index contributed by atoms with van der Waals surface area (Å²) in [4.78, 5) is 14.3. The van der Waals surface area contributed by atoms with Crippen molar-refractivity contribution < 1.29 is 14.3 Å². The van der Waals surface area contributed by atoms with E-state index in [1.807, 2.05) is 23.1 Å². The molecule has 0 spiro atoms. The van der Waals surface area contributed by atoms with Gasteiger partial charge in [-0.1, -0.05) is 13.0 Å². The van der Waals surface area contributed by atoms with Gasteiger partial charge in [0.05, 0.1) is 14.2 Å². The first-order valence-electron chi connectivity index (χ1n) is 7.70. The van der Waals surface area contributed by atoms with Gasteiger partial charge in [0.2, 0.25) is 5.91 Å². The lowest BCUT2D eigenvalue weighted by Crippen LogP contribution is -2.34. The molecule has 1 saturated heterocycles. The maximum atomic E-state index is 12.3. The lowest BCUT2D eigenvalue weighted by atomic mass is 9.90. The Labute approximate surface area is 132 Å². The van der Waals surface area contributed by atoms with Crippen LogP contribution in [0.25, 0.3) is 0 Å². The highest BCUT2D eigenvalue weighted by molar-refractivity contribution is 5.76. The van der Waals surface area contributed by atoms with E-state index in [-0.39, 0.29) is 11.3 Å². The highest BCUT2D eigenvalue weighted by Crippen LogP contribution is 2.30. The Bertz CT molecular complexity index is 533. The number of amides is 1. The monoisotopic (exact) mass is 306 g/mol. The van der Waals surface area contributed by atoms with E-state index in [9.17, 15) is 4.79 Å². The van der Waals surface area contributed by atoms with Gasteiger partial charge in [-0.2, -0.15) is 0 Å². The molecule has 122 valence electrons. The summed E-state index contributed by atoms with van der Waals surface area (Å²) in [7, 11) is 3.23. The van der Waals surface area contributed by atoms with Crippen LogP contribution in [0.2, 0.25) is 0 Å². The minimum absolute atomic E-state index is 0.0823. The predicted octanol–water partition coefficient (Wildman–Crippen LogP) is 1.83. The van der Waals surface area contributed by atoms with Gasteiger partial charge in [-0.05, 0) is 42.5 Å². The summed E-state index contributed by atoms with van der Waals surface area (Å²) in [6.07, 6.45) is 2.21. The third-order valence-corrected chi connectivity index (χ3v) is 4.48. The fourth-order valence-electron chi connectivity index (χ4n) is 2.85. The second-order valence-corrected chi connectivity index (χ2v) is 6.27. The molecule has 1 aliphatic rings. The minimum atomic E-state index is 0.0823. The topological polar surface area (TPSA) is 64.8 Å². The molecule has 0 bridgehead atoms. The molecule has 1 unspecified atom stereocenters. The lowest BCUT2D eigenvalue weighted by molar-refractivity contribution is -0.130. The standard InChI is InChI=1S/C17H26N2O3/c1-17(11-18)8-9-19(12-17)16(20)7-5-13-4-6-14(21-2)15(10-13)22-3/h4,6,10H,5,7-9,11-12,18H2,1-3H3. The number of ether oxygens (including phenoxy) is 2. The summed E-state index contributed by atoms with van der Waals surface area (Å²) in [6.45, 7) is 4.37. The normalized spacial score (nSPS) is 21.0. The first-order valence-corrected chi connectivity index (χ1v) is 7.70. The fraction of sp³-hybridized carbons (Fsp3) is 0.588. The highest BCUT2D eigenvalue weighted by Gasteiger charge is 2.34. The molecule has 1 fully saturated rings. The summed E-state index contributed by atoms with van der Waals surface area (Å²) >= 11 is 0. The maximum Gasteiger partial charge on any atom is 0.222 e. The number of hydrogen-bond acceptors (Lipinski definition) is 4. The molecule has 1 aromatic carbocycles. The van der Waals surface area contributed by atoms with Crippen molar-refractivity contribution in [2.24, 2.45) is 11.1 Å². The summed E-state index contributed by atoms with van der Waals surface area (Å²) < 4.78 is 10.5. The predicted molar refractivity (Wildman–Crippen MR) is 86.2 cm³/mol. The van der Waals surface area contributed by atoms with Crippen LogP contribution in [0.15, 0.2) is 18.2 Å². The first-order chi connectivity index (χ1) is 10.5. The molecule has 0 aliphatic carbocycles. The SMILES string of the molecule is COc1ccc(CCC(=O)N2CCC(C)(CN)C2)cc1OC. The molecule has 5 heteroatoms. The van der Waals surface area contributed by atoms with Gasteiger partial charge >= 0.3 is 0 Å². The van der Waals surface area contributed by atoms with Crippen molar-refractivity contribution >= 4 is 5.91 Å². The second kappa shape index (κ2) is 7.01. The van der Waals surface area contributed by atoms with E-state index in [0.29, 0.717) is 30.9 Å². The van der Waals surface area contributed by atoms with Crippen LogP contribution in [-0.2, 0) is 11.2 Å². The van der Waals surface area contributed by atoms with Gasteiger partial charge in [0.15, 0.2) is 11.5 Å². The van der Waals surface area contributed by atoms with E-state index >= 15 is 0 Å². The van der Waals surface area contributed by atoms with E-state index in [2.05, 4.69) is 6.92 Å². The summed E-state index contributed by atoms with van der Waals surface area (Å²) in [5, 5.41) is 0. The number of nitrogens with zero attached hydrogens (tertiary/aromatic N) is 1. The fourth-order valence-corrected chi connectivity index (χ4v) is 2.85. The Morgan fingerprint density at radius 2 is 2.05 bits per heavy atom. The Balaban J connectivity index is 1.92. The van der Waals surface area contributed by atoms with E-state index in [1.165, 1.54) is 0 Å². The molecule has 22 heavy (non-hydrogen) atoms. The van der Waals surface area contributed by atoms with Crippen LogP contribution in [0, 0.1) is 5.41 Å². The number of benzene rings is 1. The smallest absolute Gasteiger partial charge is 0.222 e. The number of nitrogens with two attached hydrogens (primary N) is 1. The van der Waals surface area contributed by atoms with Crippen LogP contribution in [0.1, 0.15) is 25.3 Å². The average Bonchev–Trinajstić information content (AvgIpc) is 2.95. The van der Waals surface area contributed by atoms with Crippen LogP contribution in [-0.4, -0.2) is 44.7 Å². The number of methoxy groups -OCH3 is 2. The molecule has 1 amide bonds. The van der Waals surface area contributed by atoms with Crippen molar-refractivity contribution in [2.75, 3.05) is 33.9 Å². The van der Waals surface area contributed by atoms with Crippen LogP contribution >= 0.6 is 0 Å². The van der Waals surface area contributed by atoms with E-state index in [4.69, 9.17) is 15.2 Å². The van der Waals surface area contributed by atoms with Crippen LogP contribution < -0.4 is 15.2 Å². The molecule has 1 atom stereocenters. The van der Waals surface area contributed by atoms with Crippen molar-refractivity contribution in [2.45, 2.75) is 26.2 Å². The molecular formula is C17H26N2O3. The lowest BCUT2D eigenvalue weighted by Gasteiger charge is -2.22. The number of hydrogen-bond donors (Lipinski definition) is 1. The van der Waals surface area contributed by atoms with Gasteiger partial charge in [0.1, 0.15) is 0 Å². The zero-order chi connectivity index (χ0) is 16.2. The second-order valence-electron chi connectivity index (χ2n) is 6.27.